The van der Waals surface area contributed by atoms with E-state index in [9.17, 15) is 4.79 Å². The van der Waals surface area contributed by atoms with Crippen LogP contribution in [0, 0.1) is 0 Å². The summed E-state index contributed by atoms with van der Waals surface area (Å²) in [5, 5.41) is 3.85. The third-order valence-corrected chi connectivity index (χ3v) is 5.45. The Balaban J connectivity index is 1.37. The molecule has 2 saturated heterocycles. The first-order valence-electron chi connectivity index (χ1n) is 9.04. The van der Waals surface area contributed by atoms with Crippen molar-refractivity contribution in [2.24, 2.45) is 0 Å². The Hall–Kier alpha value is -2.15. The fourth-order valence-corrected chi connectivity index (χ4v) is 3.91. The quantitative estimate of drug-likeness (QED) is 0.873. The molecular formula is C20H22ClN3O3. The first-order valence-corrected chi connectivity index (χ1v) is 9.42. The first-order chi connectivity index (χ1) is 13.1. The number of pyridine rings is 1. The number of aromatic nitrogens is 1. The van der Waals surface area contributed by atoms with Gasteiger partial charge in [-0.3, -0.25) is 9.69 Å². The van der Waals surface area contributed by atoms with Crippen LogP contribution in [-0.4, -0.2) is 54.7 Å². The lowest BCUT2D eigenvalue weighted by Gasteiger charge is -2.35. The fourth-order valence-electron chi connectivity index (χ4n) is 3.79. The van der Waals surface area contributed by atoms with Crippen molar-refractivity contribution < 1.29 is 14.3 Å². The van der Waals surface area contributed by atoms with E-state index in [0.717, 1.165) is 30.1 Å². The van der Waals surface area contributed by atoms with Gasteiger partial charge in [-0.2, -0.15) is 0 Å². The average molecular weight is 388 g/mol. The van der Waals surface area contributed by atoms with Gasteiger partial charge in [-0.1, -0.05) is 23.7 Å². The van der Waals surface area contributed by atoms with Crippen LogP contribution >= 0.6 is 11.6 Å². The monoisotopic (exact) mass is 387 g/mol. The van der Waals surface area contributed by atoms with Crippen molar-refractivity contribution >= 4 is 17.5 Å². The van der Waals surface area contributed by atoms with Gasteiger partial charge in [0.25, 0.3) is 5.91 Å². The minimum atomic E-state index is -0.101. The van der Waals surface area contributed by atoms with E-state index >= 15 is 0 Å². The smallest absolute Gasteiger partial charge is 0.251 e. The summed E-state index contributed by atoms with van der Waals surface area (Å²) in [7, 11) is 1.54. The van der Waals surface area contributed by atoms with E-state index in [-0.39, 0.29) is 18.1 Å². The zero-order valence-electron chi connectivity index (χ0n) is 15.1. The Morgan fingerprint density at radius 2 is 2.11 bits per heavy atom. The number of morpholine rings is 1. The van der Waals surface area contributed by atoms with Crippen LogP contribution in [0.1, 0.15) is 28.4 Å². The lowest BCUT2D eigenvalue weighted by atomic mass is 10.1. The molecule has 0 radical (unpaired) electrons. The minimum absolute atomic E-state index is 0.0393. The van der Waals surface area contributed by atoms with Gasteiger partial charge in [-0.05, 0) is 30.2 Å². The Labute approximate surface area is 163 Å². The molecular weight excluding hydrogens is 366 g/mol. The molecule has 2 fully saturated rings. The molecule has 27 heavy (non-hydrogen) atoms. The van der Waals surface area contributed by atoms with Crippen molar-refractivity contribution in [3.63, 3.8) is 0 Å². The maximum Gasteiger partial charge on any atom is 0.251 e. The number of rotatable bonds is 4. The Kier molecular flexibility index (Phi) is 5.29. The fraction of sp³-hybridized carbons (Fsp3) is 0.400. The Morgan fingerprint density at radius 3 is 2.89 bits per heavy atom. The highest BCUT2D eigenvalue weighted by molar-refractivity contribution is 6.30. The van der Waals surface area contributed by atoms with E-state index in [0.29, 0.717) is 24.1 Å². The van der Waals surface area contributed by atoms with Crippen molar-refractivity contribution in [2.45, 2.75) is 24.6 Å². The summed E-state index contributed by atoms with van der Waals surface area (Å²) in [6.45, 7) is 2.32. The molecule has 4 rings (SSSR count). The van der Waals surface area contributed by atoms with Gasteiger partial charge in [0.15, 0.2) is 0 Å². The first kappa shape index (κ1) is 18.2. The van der Waals surface area contributed by atoms with E-state index in [1.165, 1.54) is 7.11 Å². The van der Waals surface area contributed by atoms with Crippen LogP contribution < -0.4 is 10.1 Å². The largest absolute Gasteiger partial charge is 0.481 e. The highest BCUT2D eigenvalue weighted by Gasteiger charge is 2.38. The number of nitrogens with zero attached hydrogens (tertiary/aromatic N) is 2. The molecule has 3 heterocycles. The van der Waals surface area contributed by atoms with Gasteiger partial charge in [0.2, 0.25) is 5.88 Å². The van der Waals surface area contributed by atoms with Gasteiger partial charge in [0, 0.05) is 48.0 Å². The lowest BCUT2D eigenvalue weighted by molar-refractivity contribution is -0.0502. The molecule has 1 aromatic heterocycles. The van der Waals surface area contributed by atoms with Crippen LogP contribution in [0.2, 0.25) is 5.02 Å². The highest BCUT2D eigenvalue weighted by Crippen LogP contribution is 2.31. The molecule has 7 heteroatoms. The number of hydrogen-bond donors (Lipinski definition) is 1. The zero-order valence-corrected chi connectivity index (χ0v) is 15.9. The number of benzene rings is 1. The predicted octanol–water partition coefficient (Wildman–Crippen LogP) is 2.69. The molecule has 0 spiro atoms. The molecule has 0 aliphatic carbocycles. The third-order valence-electron chi connectivity index (χ3n) is 5.20. The van der Waals surface area contributed by atoms with E-state index in [4.69, 9.17) is 21.1 Å². The number of fused-ring (bicyclic) bond motifs is 1. The van der Waals surface area contributed by atoms with Crippen molar-refractivity contribution in [1.82, 2.24) is 15.2 Å². The third kappa shape index (κ3) is 4.08. The standard InChI is InChI=1S/C20H22ClN3O3/c1-26-19-8-14(6-7-22-19)20(25)23-16-9-17-12-27-18(11-24(17)10-16)13-2-4-15(21)5-3-13/h2-8,16-18H,9-12H2,1H3,(H,23,25)/t16-,17-,18+/m0/s1. The second-order valence-corrected chi connectivity index (χ2v) is 7.41. The molecule has 3 atom stereocenters. The molecule has 142 valence electrons. The Morgan fingerprint density at radius 1 is 1.30 bits per heavy atom. The summed E-state index contributed by atoms with van der Waals surface area (Å²) < 4.78 is 11.2. The summed E-state index contributed by atoms with van der Waals surface area (Å²) >= 11 is 5.97. The number of ether oxygens (including phenoxy) is 2. The summed E-state index contributed by atoms with van der Waals surface area (Å²) in [6, 6.07) is 11.6. The SMILES string of the molecule is COc1cc(C(=O)N[C@H]2C[C@H]3CO[C@@H](c4ccc(Cl)cc4)CN3C2)ccn1. The zero-order chi connectivity index (χ0) is 18.8. The summed E-state index contributed by atoms with van der Waals surface area (Å²) in [5.41, 5.74) is 1.69. The normalized spacial score (nSPS) is 25.0. The summed E-state index contributed by atoms with van der Waals surface area (Å²) in [6.07, 6.45) is 2.51. The summed E-state index contributed by atoms with van der Waals surface area (Å²) in [4.78, 5) is 19.0. The Bertz CT molecular complexity index is 814. The molecule has 0 saturated carbocycles. The molecule has 2 aromatic rings. The topological polar surface area (TPSA) is 63.7 Å². The lowest BCUT2D eigenvalue weighted by Crippen LogP contribution is -2.43. The molecule has 2 aliphatic heterocycles. The maximum atomic E-state index is 12.5. The van der Waals surface area contributed by atoms with Crippen LogP contribution in [0.5, 0.6) is 5.88 Å². The summed E-state index contributed by atoms with van der Waals surface area (Å²) in [5.74, 6) is 0.335. The highest BCUT2D eigenvalue weighted by atomic mass is 35.5. The van der Waals surface area contributed by atoms with Gasteiger partial charge in [-0.15, -0.1) is 0 Å². The van der Waals surface area contributed by atoms with Crippen LogP contribution in [0.25, 0.3) is 0 Å². The molecule has 1 N–H and O–H groups in total. The average Bonchev–Trinajstić information content (AvgIpc) is 3.10. The van der Waals surface area contributed by atoms with Gasteiger partial charge in [0.05, 0.1) is 19.8 Å². The van der Waals surface area contributed by atoms with Crippen molar-refractivity contribution in [3.8, 4) is 5.88 Å². The number of carbonyl (C=O) groups excluding carboxylic acids is 1. The second-order valence-electron chi connectivity index (χ2n) is 6.97. The van der Waals surface area contributed by atoms with E-state index in [1.54, 1.807) is 18.3 Å². The molecule has 1 aromatic carbocycles. The number of hydrogen-bond acceptors (Lipinski definition) is 5. The number of amides is 1. The molecule has 1 amide bonds. The van der Waals surface area contributed by atoms with E-state index < -0.39 is 0 Å². The molecule has 6 nitrogen and oxygen atoms in total. The van der Waals surface area contributed by atoms with Crippen molar-refractivity contribution in [1.29, 1.82) is 0 Å². The molecule has 0 bridgehead atoms. The minimum Gasteiger partial charge on any atom is -0.481 e. The van der Waals surface area contributed by atoms with Gasteiger partial charge >= 0.3 is 0 Å². The number of methoxy groups -OCH3 is 1. The van der Waals surface area contributed by atoms with Crippen LogP contribution in [-0.2, 0) is 4.74 Å². The number of halogens is 1. The maximum absolute atomic E-state index is 12.5. The van der Waals surface area contributed by atoms with Crippen LogP contribution in [0.15, 0.2) is 42.6 Å². The number of carbonyl (C=O) groups is 1. The second kappa shape index (κ2) is 7.84. The van der Waals surface area contributed by atoms with Crippen LogP contribution in [0.4, 0.5) is 0 Å². The molecule has 0 unspecified atom stereocenters. The van der Waals surface area contributed by atoms with E-state index in [2.05, 4.69) is 15.2 Å². The van der Waals surface area contributed by atoms with E-state index in [1.807, 2.05) is 24.3 Å². The molecule has 2 aliphatic rings. The van der Waals surface area contributed by atoms with Crippen LogP contribution in [0.3, 0.4) is 0 Å². The van der Waals surface area contributed by atoms with Crippen molar-refractivity contribution in [2.75, 3.05) is 26.8 Å². The number of nitrogens with one attached hydrogen (secondary N) is 1. The van der Waals surface area contributed by atoms with Gasteiger partial charge in [0.1, 0.15) is 0 Å². The van der Waals surface area contributed by atoms with Gasteiger partial charge in [-0.25, -0.2) is 4.98 Å². The van der Waals surface area contributed by atoms with Gasteiger partial charge < -0.3 is 14.8 Å². The predicted molar refractivity (Wildman–Crippen MR) is 102 cm³/mol. The van der Waals surface area contributed by atoms with Crippen molar-refractivity contribution in [3.05, 3.63) is 58.7 Å².